The van der Waals surface area contributed by atoms with Crippen molar-refractivity contribution in [2.45, 2.75) is 57.5 Å². The molecule has 2 rings (SSSR count). The van der Waals surface area contributed by atoms with Gasteiger partial charge < -0.3 is 16.0 Å². The lowest BCUT2D eigenvalue weighted by Crippen LogP contribution is -2.53. The molecule has 0 spiro atoms. The van der Waals surface area contributed by atoms with Gasteiger partial charge in [-0.2, -0.15) is 0 Å². The van der Waals surface area contributed by atoms with Crippen LogP contribution < -0.4 is 16.4 Å². The number of rotatable bonds is 5. The molecule has 2 aliphatic rings. The van der Waals surface area contributed by atoms with Gasteiger partial charge >= 0.3 is 6.03 Å². The number of urea groups is 1. The van der Waals surface area contributed by atoms with E-state index in [-0.39, 0.29) is 24.4 Å². The maximum Gasteiger partial charge on any atom is 0.325 e. The predicted octanol–water partition coefficient (Wildman–Crippen LogP) is 0.341. The van der Waals surface area contributed by atoms with Gasteiger partial charge in [-0.05, 0) is 32.6 Å². The molecule has 1 aliphatic carbocycles. The number of hydrogen-bond acceptors (Lipinski definition) is 4. The fourth-order valence-electron chi connectivity index (χ4n) is 3.27. The summed E-state index contributed by atoms with van der Waals surface area (Å²) < 4.78 is 0. The fraction of sp³-hybridized carbons (Fsp3) is 0.800. The summed E-state index contributed by atoms with van der Waals surface area (Å²) in [6, 6.07) is -0.579. The standard InChI is InChI=1S/C15H26N4O3/c1-15(2)13(21)18-14(22)19(15)9-12(20)17-11(8-16)10-6-4-3-5-7-10/h10-11H,3-9,16H2,1-2H3,(H,17,20)(H,18,21,22). The van der Waals surface area contributed by atoms with E-state index in [9.17, 15) is 14.4 Å². The Morgan fingerprint density at radius 3 is 2.50 bits per heavy atom. The van der Waals surface area contributed by atoms with E-state index < -0.39 is 11.6 Å². The van der Waals surface area contributed by atoms with Crippen LogP contribution in [0.2, 0.25) is 0 Å². The molecular formula is C15H26N4O3. The van der Waals surface area contributed by atoms with Crippen LogP contribution in [0.3, 0.4) is 0 Å². The van der Waals surface area contributed by atoms with Crippen LogP contribution in [0.5, 0.6) is 0 Å². The van der Waals surface area contributed by atoms with Crippen molar-refractivity contribution in [3.8, 4) is 0 Å². The van der Waals surface area contributed by atoms with E-state index in [0.29, 0.717) is 12.5 Å². The van der Waals surface area contributed by atoms with Gasteiger partial charge in [-0.15, -0.1) is 0 Å². The molecule has 2 fully saturated rings. The lowest BCUT2D eigenvalue weighted by Gasteiger charge is -2.32. The monoisotopic (exact) mass is 310 g/mol. The SMILES string of the molecule is CC1(C)C(=O)NC(=O)N1CC(=O)NC(CN)C1CCCCC1. The number of hydrogen-bond donors (Lipinski definition) is 3. The fourth-order valence-corrected chi connectivity index (χ4v) is 3.27. The summed E-state index contributed by atoms with van der Waals surface area (Å²) in [7, 11) is 0. The van der Waals surface area contributed by atoms with Gasteiger partial charge in [-0.25, -0.2) is 4.79 Å². The molecule has 1 heterocycles. The number of nitrogens with one attached hydrogen (secondary N) is 2. The molecule has 0 aromatic carbocycles. The molecule has 22 heavy (non-hydrogen) atoms. The quantitative estimate of drug-likeness (QED) is 0.637. The van der Waals surface area contributed by atoms with Crippen LogP contribution in [0, 0.1) is 5.92 Å². The van der Waals surface area contributed by atoms with Gasteiger partial charge in [-0.3, -0.25) is 14.9 Å². The molecule has 1 atom stereocenters. The third-order valence-corrected chi connectivity index (χ3v) is 4.82. The summed E-state index contributed by atoms with van der Waals surface area (Å²) in [5.41, 5.74) is 4.80. The highest BCUT2D eigenvalue weighted by Gasteiger charge is 2.46. The number of nitrogens with two attached hydrogens (primary N) is 1. The van der Waals surface area contributed by atoms with E-state index >= 15 is 0 Å². The molecule has 7 nitrogen and oxygen atoms in total. The first kappa shape index (κ1) is 16.7. The predicted molar refractivity (Wildman–Crippen MR) is 81.9 cm³/mol. The van der Waals surface area contributed by atoms with Crippen molar-refractivity contribution in [1.82, 2.24) is 15.5 Å². The molecule has 124 valence electrons. The minimum atomic E-state index is -1.00. The molecule has 0 aromatic heterocycles. The molecule has 0 bridgehead atoms. The average Bonchev–Trinajstić information content (AvgIpc) is 2.68. The van der Waals surface area contributed by atoms with Crippen molar-refractivity contribution in [2.24, 2.45) is 11.7 Å². The van der Waals surface area contributed by atoms with Crippen LogP contribution in [0.1, 0.15) is 46.0 Å². The maximum atomic E-state index is 12.3. The summed E-state index contributed by atoms with van der Waals surface area (Å²) >= 11 is 0. The Bertz CT molecular complexity index is 458. The van der Waals surface area contributed by atoms with Crippen LogP contribution in [0.4, 0.5) is 4.79 Å². The van der Waals surface area contributed by atoms with Gasteiger partial charge in [0.1, 0.15) is 12.1 Å². The smallest absolute Gasteiger partial charge is 0.325 e. The Balaban J connectivity index is 1.94. The van der Waals surface area contributed by atoms with Gasteiger partial charge in [0.25, 0.3) is 5.91 Å². The van der Waals surface area contributed by atoms with Gasteiger partial charge in [0.05, 0.1) is 0 Å². The molecule has 0 aromatic rings. The van der Waals surface area contributed by atoms with Crippen LogP contribution in [0.15, 0.2) is 0 Å². The molecular weight excluding hydrogens is 284 g/mol. The molecule has 4 N–H and O–H groups in total. The Labute approximate surface area is 131 Å². The highest BCUT2D eigenvalue weighted by molar-refractivity contribution is 6.07. The molecule has 0 radical (unpaired) electrons. The summed E-state index contributed by atoms with van der Waals surface area (Å²) in [6.45, 7) is 3.52. The molecule has 1 unspecified atom stereocenters. The third-order valence-electron chi connectivity index (χ3n) is 4.82. The first-order valence-corrected chi connectivity index (χ1v) is 7.98. The second kappa shape index (κ2) is 6.64. The maximum absolute atomic E-state index is 12.3. The van der Waals surface area contributed by atoms with E-state index in [1.165, 1.54) is 24.2 Å². The normalized spacial score (nSPS) is 23.3. The summed E-state index contributed by atoms with van der Waals surface area (Å²) in [5.74, 6) is -0.239. The third kappa shape index (κ3) is 3.40. The first-order valence-electron chi connectivity index (χ1n) is 7.98. The molecule has 4 amide bonds. The van der Waals surface area contributed by atoms with E-state index in [1.807, 2.05) is 0 Å². The number of carbonyl (C=O) groups excluding carboxylic acids is 3. The molecule has 1 saturated heterocycles. The number of amides is 4. The zero-order valence-electron chi connectivity index (χ0n) is 13.4. The topological polar surface area (TPSA) is 105 Å². The second-order valence-electron chi connectivity index (χ2n) is 6.71. The molecule has 7 heteroatoms. The van der Waals surface area contributed by atoms with E-state index in [2.05, 4.69) is 10.6 Å². The van der Waals surface area contributed by atoms with Crippen LogP contribution in [0.25, 0.3) is 0 Å². The van der Waals surface area contributed by atoms with Crippen molar-refractivity contribution in [3.05, 3.63) is 0 Å². The summed E-state index contributed by atoms with van der Waals surface area (Å²) in [6.07, 6.45) is 5.75. The Morgan fingerprint density at radius 1 is 1.36 bits per heavy atom. The van der Waals surface area contributed by atoms with Gasteiger partial charge in [0, 0.05) is 12.6 Å². The van der Waals surface area contributed by atoms with E-state index in [4.69, 9.17) is 5.73 Å². The van der Waals surface area contributed by atoms with Crippen molar-refractivity contribution in [3.63, 3.8) is 0 Å². The minimum Gasteiger partial charge on any atom is -0.350 e. The highest BCUT2D eigenvalue weighted by Crippen LogP contribution is 2.26. The van der Waals surface area contributed by atoms with Crippen LogP contribution >= 0.6 is 0 Å². The van der Waals surface area contributed by atoms with Gasteiger partial charge in [0.15, 0.2) is 0 Å². The highest BCUT2D eigenvalue weighted by atomic mass is 16.2. The van der Waals surface area contributed by atoms with E-state index in [0.717, 1.165) is 12.8 Å². The Kier molecular flexibility index (Phi) is 5.05. The lowest BCUT2D eigenvalue weighted by atomic mass is 9.84. The van der Waals surface area contributed by atoms with Crippen LogP contribution in [-0.4, -0.2) is 47.4 Å². The Hall–Kier alpha value is -1.63. The number of carbonyl (C=O) groups is 3. The molecule has 1 saturated carbocycles. The Morgan fingerprint density at radius 2 is 2.00 bits per heavy atom. The van der Waals surface area contributed by atoms with Crippen molar-refractivity contribution < 1.29 is 14.4 Å². The van der Waals surface area contributed by atoms with Crippen molar-refractivity contribution in [2.75, 3.05) is 13.1 Å². The average molecular weight is 310 g/mol. The minimum absolute atomic E-state index is 0.0581. The molecule has 1 aliphatic heterocycles. The van der Waals surface area contributed by atoms with Gasteiger partial charge in [-0.1, -0.05) is 19.3 Å². The largest absolute Gasteiger partial charge is 0.350 e. The summed E-state index contributed by atoms with van der Waals surface area (Å²) in [4.78, 5) is 37.0. The van der Waals surface area contributed by atoms with Gasteiger partial charge in [0.2, 0.25) is 5.91 Å². The summed E-state index contributed by atoms with van der Waals surface area (Å²) in [5, 5.41) is 5.18. The lowest BCUT2D eigenvalue weighted by molar-refractivity contribution is -0.127. The zero-order valence-corrected chi connectivity index (χ0v) is 13.4. The van der Waals surface area contributed by atoms with Crippen molar-refractivity contribution >= 4 is 17.8 Å². The zero-order chi connectivity index (χ0) is 16.3. The first-order chi connectivity index (χ1) is 10.4. The van der Waals surface area contributed by atoms with Crippen LogP contribution in [-0.2, 0) is 9.59 Å². The second-order valence-corrected chi connectivity index (χ2v) is 6.71. The van der Waals surface area contributed by atoms with Crippen molar-refractivity contribution in [1.29, 1.82) is 0 Å². The number of imide groups is 1. The number of nitrogens with zero attached hydrogens (tertiary/aromatic N) is 1. The van der Waals surface area contributed by atoms with E-state index in [1.54, 1.807) is 13.8 Å².